The van der Waals surface area contributed by atoms with E-state index in [2.05, 4.69) is 28.9 Å². The average molecular weight is 354 g/mol. The molecule has 2 aromatic heterocycles. The minimum atomic E-state index is -0.201. The van der Waals surface area contributed by atoms with Crippen LogP contribution >= 0.6 is 0 Å². The number of aryl methyl sites for hydroxylation is 2. The quantitative estimate of drug-likeness (QED) is 0.523. The van der Waals surface area contributed by atoms with E-state index in [4.69, 9.17) is 0 Å². The molecule has 5 nitrogen and oxygen atoms in total. The van der Waals surface area contributed by atoms with Gasteiger partial charge in [-0.15, -0.1) is 0 Å². The molecule has 0 aliphatic carbocycles. The van der Waals surface area contributed by atoms with E-state index >= 15 is 0 Å². The molecule has 0 saturated heterocycles. The van der Waals surface area contributed by atoms with Gasteiger partial charge in [0.1, 0.15) is 0 Å². The molecule has 0 radical (unpaired) electrons. The predicted octanol–water partition coefficient (Wildman–Crippen LogP) is 3.96. The van der Waals surface area contributed by atoms with Crippen LogP contribution in [0.3, 0.4) is 0 Å². The van der Waals surface area contributed by atoms with Gasteiger partial charge in [0.2, 0.25) is 0 Å². The van der Waals surface area contributed by atoms with Crippen LogP contribution in [0.1, 0.15) is 16.7 Å². The van der Waals surface area contributed by atoms with Gasteiger partial charge in [-0.25, -0.2) is 4.98 Å². The Labute approximate surface area is 156 Å². The average Bonchev–Trinajstić information content (AvgIpc) is 2.70. The zero-order valence-corrected chi connectivity index (χ0v) is 15.1. The molecule has 0 bridgehead atoms. The highest BCUT2D eigenvalue weighted by molar-refractivity contribution is 5.82. The molecule has 4 aromatic rings. The van der Waals surface area contributed by atoms with Crippen LogP contribution in [-0.4, -0.2) is 20.9 Å². The van der Waals surface area contributed by atoms with Gasteiger partial charge in [0.25, 0.3) is 5.56 Å². The first kappa shape index (κ1) is 16.8. The second-order valence-corrected chi connectivity index (χ2v) is 6.39. The minimum Gasteiger partial charge on any atom is -0.267 e. The van der Waals surface area contributed by atoms with Crippen LogP contribution in [0.2, 0.25) is 0 Å². The Morgan fingerprint density at radius 2 is 1.74 bits per heavy atom. The van der Waals surface area contributed by atoms with Crippen LogP contribution in [-0.2, 0) is 0 Å². The number of para-hydroxylation sites is 1. The number of fused-ring (bicyclic) bond motifs is 1. The molecular formula is C22H18N4O. The number of pyridine rings is 1. The van der Waals surface area contributed by atoms with Crippen LogP contribution in [0.15, 0.2) is 76.9 Å². The molecular weight excluding hydrogens is 336 g/mol. The Morgan fingerprint density at radius 3 is 2.52 bits per heavy atom. The minimum absolute atomic E-state index is 0.201. The highest BCUT2D eigenvalue weighted by Gasteiger charge is 2.12. The molecule has 0 unspecified atom stereocenters. The first-order valence-electron chi connectivity index (χ1n) is 8.67. The summed E-state index contributed by atoms with van der Waals surface area (Å²) in [4.78, 5) is 21.8. The second-order valence-electron chi connectivity index (χ2n) is 6.39. The number of benzene rings is 2. The van der Waals surface area contributed by atoms with Crippen molar-refractivity contribution in [3.8, 4) is 11.4 Å². The van der Waals surface area contributed by atoms with E-state index < -0.39 is 0 Å². The molecule has 4 rings (SSSR count). The Morgan fingerprint density at radius 1 is 0.963 bits per heavy atom. The lowest BCUT2D eigenvalue weighted by atomic mass is 10.1. The van der Waals surface area contributed by atoms with E-state index in [9.17, 15) is 4.79 Å². The number of rotatable bonds is 3. The zero-order chi connectivity index (χ0) is 18.8. The molecule has 0 amide bonds. The summed E-state index contributed by atoms with van der Waals surface area (Å²) >= 11 is 0. The van der Waals surface area contributed by atoms with E-state index in [1.807, 2.05) is 48.5 Å². The summed E-state index contributed by atoms with van der Waals surface area (Å²) in [5.74, 6) is 0.487. The fourth-order valence-corrected chi connectivity index (χ4v) is 2.89. The molecule has 0 aliphatic rings. The Balaban J connectivity index is 1.92. The highest BCUT2D eigenvalue weighted by Crippen LogP contribution is 2.18. The van der Waals surface area contributed by atoms with Crippen LogP contribution in [0.4, 0.5) is 0 Å². The molecule has 0 fully saturated rings. The predicted molar refractivity (Wildman–Crippen MR) is 108 cm³/mol. The molecule has 0 N–H and O–H groups in total. The first-order valence-corrected chi connectivity index (χ1v) is 8.67. The normalized spacial score (nSPS) is 11.3. The molecule has 27 heavy (non-hydrogen) atoms. The Bertz CT molecular complexity index is 1210. The summed E-state index contributed by atoms with van der Waals surface area (Å²) in [6, 6.07) is 17.0. The van der Waals surface area contributed by atoms with Gasteiger partial charge in [0.15, 0.2) is 5.82 Å². The number of hydrogen-bond donors (Lipinski definition) is 0. The van der Waals surface area contributed by atoms with Gasteiger partial charge in [-0.05, 0) is 54.8 Å². The van der Waals surface area contributed by atoms with Crippen molar-refractivity contribution in [1.82, 2.24) is 14.6 Å². The molecule has 0 spiro atoms. The highest BCUT2D eigenvalue weighted by atomic mass is 16.1. The van der Waals surface area contributed by atoms with Crippen molar-refractivity contribution in [1.29, 1.82) is 0 Å². The number of nitrogens with zero attached hydrogens (tertiary/aromatic N) is 4. The molecule has 0 atom stereocenters. The maximum Gasteiger partial charge on any atom is 0.282 e. The lowest BCUT2D eigenvalue weighted by Gasteiger charge is -2.09. The van der Waals surface area contributed by atoms with Crippen LogP contribution in [0, 0.1) is 13.8 Å². The largest absolute Gasteiger partial charge is 0.282 e. The standard InChI is InChI=1S/C22H18N4O/c1-15-7-8-17(13-16(15)2)14-24-26-21(18-9-11-23-12-10-18)25-20-6-4-3-5-19(20)22(26)27/h3-14H,1-2H3/b24-14+. The zero-order valence-electron chi connectivity index (χ0n) is 15.1. The smallest absolute Gasteiger partial charge is 0.267 e. The van der Waals surface area contributed by atoms with E-state index in [0.717, 1.165) is 11.1 Å². The lowest BCUT2D eigenvalue weighted by Crippen LogP contribution is -2.20. The third-order valence-electron chi connectivity index (χ3n) is 4.55. The summed E-state index contributed by atoms with van der Waals surface area (Å²) in [6.07, 6.45) is 5.04. The van der Waals surface area contributed by atoms with Crippen molar-refractivity contribution < 1.29 is 0 Å². The molecule has 5 heteroatoms. The summed E-state index contributed by atoms with van der Waals surface area (Å²) < 4.78 is 1.35. The fourth-order valence-electron chi connectivity index (χ4n) is 2.89. The van der Waals surface area contributed by atoms with Crippen LogP contribution in [0.25, 0.3) is 22.3 Å². The van der Waals surface area contributed by atoms with Crippen LogP contribution in [0.5, 0.6) is 0 Å². The monoisotopic (exact) mass is 354 g/mol. The molecule has 2 heterocycles. The summed E-state index contributed by atoms with van der Waals surface area (Å²) in [7, 11) is 0. The van der Waals surface area contributed by atoms with Gasteiger partial charge in [0.05, 0.1) is 17.1 Å². The lowest BCUT2D eigenvalue weighted by molar-refractivity contribution is 0.829. The SMILES string of the molecule is Cc1ccc(/C=N/n2c(-c3ccncc3)nc3ccccc3c2=O)cc1C. The van der Waals surface area contributed by atoms with E-state index in [1.54, 1.807) is 24.7 Å². The molecule has 132 valence electrons. The van der Waals surface area contributed by atoms with Gasteiger partial charge in [-0.3, -0.25) is 9.78 Å². The second kappa shape index (κ2) is 6.96. The molecule has 2 aromatic carbocycles. The van der Waals surface area contributed by atoms with E-state index in [1.165, 1.54) is 15.8 Å². The third-order valence-corrected chi connectivity index (χ3v) is 4.55. The van der Waals surface area contributed by atoms with Crippen LogP contribution < -0.4 is 5.56 Å². The summed E-state index contributed by atoms with van der Waals surface area (Å²) in [5, 5.41) is 5.00. The summed E-state index contributed by atoms with van der Waals surface area (Å²) in [5.41, 5.74) is 4.55. The summed E-state index contributed by atoms with van der Waals surface area (Å²) in [6.45, 7) is 4.12. The maximum absolute atomic E-state index is 13.1. The fraction of sp³-hybridized carbons (Fsp3) is 0.0909. The van der Waals surface area contributed by atoms with Gasteiger partial charge in [0, 0.05) is 18.0 Å². The van der Waals surface area contributed by atoms with Crippen molar-refractivity contribution in [2.75, 3.05) is 0 Å². The Kier molecular flexibility index (Phi) is 4.34. The van der Waals surface area contributed by atoms with Gasteiger partial charge >= 0.3 is 0 Å². The van der Waals surface area contributed by atoms with Crippen molar-refractivity contribution in [3.63, 3.8) is 0 Å². The molecule has 0 saturated carbocycles. The topological polar surface area (TPSA) is 60.1 Å². The maximum atomic E-state index is 13.1. The van der Waals surface area contributed by atoms with E-state index in [-0.39, 0.29) is 5.56 Å². The molecule has 0 aliphatic heterocycles. The van der Waals surface area contributed by atoms with Gasteiger partial charge in [-0.1, -0.05) is 30.3 Å². The van der Waals surface area contributed by atoms with Gasteiger partial charge in [-0.2, -0.15) is 9.78 Å². The van der Waals surface area contributed by atoms with Crippen molar-refractivity contribution in [2.45, 2.75) is 13.8 Å². The first-order chi connectivity index (χ1) is 13.1. The van der Waals surface area contributed by atoms with Gasteiger partial charge < -0.3 is 0 Å². The van der Waals surface area contributed by atoms with Crippen molar-refractivity contribution in [3.05, 3.63) is 94.0 Å². The van der Waals surface area contributed by atoms with Crippen molar-refractivity contribution in [2.24, 2.45) is 5.10 Å². The number of aromatic nitrogens is 3. The van der Waals surface area contributed by atoms with Crippen molar-refractivity contribution >= 4 is 17.1 Å². The Hall–Kier alpha value is -3.60. The number of hydrogen-bond acceptors (Lipinski definition) is 4. The third kappa shape index (κ3) is 3.27. The van der Waals surface area contributed by atoms with E-state index in [0.29, 0.717) is 16.7 Å².